The van der Waals surface area contributed by atoms with Gasteiger partial charge in [-0.1, -0.05) is 6.07 Å². The van der Waals surface area contributed by atoms with E-state index >= 15 is 0 Å². The van der Waals surface area contributed by atoms with Crippen LogP contribution in [0.5, 0.6) is 11.5 Å². The number of guanidine groups is 1. The van der Waals surface area contributed by atoms with Crippen LogP contribution in [0.25, 0.3) is 0 Å². The minimum atomic E-state index is 0.588. The number of benzene rings is 1. The summed E-state index contributed by atoms with van der Waals surface area (Å²) in [6.45, 7) is 3.28. The summed E-state index contributed by atoms with van der Waals surface area (Å²) in [5.74, 6) is 2.14. The van der Waals surface area contributed by atoms with Crippen LogP contribution in [0.1, 0.15) is 11.8 Å². The molecule has 0 aliphatic carbocycles. The molecule has 2 N–H and O–H groups in total. The van der Waals surface area contributed by atoms with Gasteiger partial charge in [0, 0.05) is 23.7 Å². The summed E-state index contributed by atoms with van der Waals surface area (Å²) >= 11 is 1.71. The van der Waals surface area contributed by atoms with Crippen LogP contribution >= 0.6 is 11.3 Å². The van der Waals surface area contributed by atoms with Crippen molar-refractivity contribution in [2.45, 2.75) is 13.5 Å². The van der Waals surface area contributed by atoms with E-state index in [9.17, 15) is 0 Å². The van der Waals surface area contributed by atoms with Crippen LogP contribution in [0.4, 0.5) is 5.69 Å². The molecule has 1 heterocycles. The first kappa shape index (κ1) is 16.2. The topological polar surface area (TPSA) is 54.9 Å². The predicted octanol–water partition coefficient (Wildman–Crippen LogP) is 3.34. The summed E-state index contributed by atoms with van der Waals surface area (Å²) < 4.78 is 10.9. The molecule has 6 heteroatoms. The molecular weight excluding hydrogens is 298 g/mol. The zero-order valence-corrected chi connectivity index (χ0v) is 13.9. The van der Waals surface area contributed by atoms with Crippen LogP contribution in [0.2, 0.25) is 0 Å². The summed E-state index contributed by atoms with van der Waals surface area (Å²) in [7, 11) is 3.38. The molecule has 0 amide bonds. The van der Waals surface area contributed by atoms with Crippen molar-refractivity contribution in [1.82, 2.24) is 5.32 Å². The maximum atomic E-state index is 5.58. The van der Waals surface area contributed by atoms with Crippen LogP contribution in [0, 0.1) is 0 Å². The first-order valence-corrected chi connectivity index (χ1v) is 7.95. The Morgan fingerprint density at radius 3 is 2.77 bits per heavy atom. The van der Waals surface area contributed by atoms with Gasteiger partial charge in [-0.3, -0.25) is 4.99 Å². The second kappa shape index (κ2) is 8.29. The van der Waals surface area contributed by atoms with Crippen molar-refractivity contribution >= 4 is 23.0 Å². The van der Waals surface area contributed by atoms with E-state index < -0.39 is 0 Å². The Morgan fingerprint density at radius 2 is 2.14 bits per heavy atom. The third-order valence-electron chi connectivity index (χ3n) is 2.96. The summed E-state index contributed by atoms with van der Waals surface area (Å²) in [5, 5.41) is 8.59. The van der Waals surface area contributed by atoms with Crippen LogP contribution in [-0.4, -0.2) is 26.7 Å². The highest BCUT2D eigenvalue weighted by Crippen LogP contribution is 2.30. The van der Waals surface area contributed by atoms with Crippen molar-refractivity contribution in [3.05, 3.63) is 40.6 Å². The Kier molecular flexibility index (Phi) is 6.09. The van der Waals surface area contributed by atoms with Gasteiger partial charge in [0.1, 0.15) is 0 Å². The summed E-state index contributed by atoms with van der Waals surface area (Å²) in [5.41, 5.74) is 0.892. The second-order valence-corrected chi connectivity index (χ2v) is 5.46. The molecule has 0 aliphatic rings. The maximum Gasteiger partial charge on any atom is 0.195 e. The van der Waals surface area contributed by atoms with E-state index in [0.717, 1.165) is 12.2 Å². The van der Waals surface area contributed by atoms with Crippen molar-refractivity contribution in [2.24, 2.45) is 4.99 Å². The SMILES string of the molecule is CCOc1cc(NC(=NC)NCc2cccs2)ccc1OC. The van der Waals surface area contributed by atoms with E-state index in [-0.39, 0.29) is 0 Å². The highest BCUT2D eigenvalue weighted by molar-refractivity contribution is 7.09. The lowest BCUT2D eigenvalue weighted by Gasteiger charge is -2.14. The second-order valence-electron chi connectivity index (χ2n) is 4.43. The fourth-order valence-electron chi connectivity index (χ4n) is 1.92. The van der Waals surface area contributed by atoms with Crippen molar-refractivity contribution in [1.29, 1.82) is 0 Å². The van der Waals surface area contributed by atoms with Gasteiger partial charge in [-0.15, -0.1) is 11.3 Å². The molecule has 1 aromatic carbocycles. The minimum Gasteiger partial charge on any atom is -0.493 e. The molecule has 2 rings (SSSR count). The fourth-order valence-corrected chi connectivity index (χ4v) is 2.57. The quantitative estimate of drug-likeness (QED) is 0.633. The lowest BCUT2D eigenvalue weighted by molar-refractivity contribution is 0.311. The summed E-state index contributed by atoms with van der Waals surface area (Å²) in [4.78, 5) is 5.49. The minimum absolute atomic E-state index is 0.588. The third kappa shape index (κ3) is 4.39. The van der Waals surface area contributed by atoms with E-state index in [1.165, 1.54) is 4.88 Å². The molecule has 0 bridgehead atoms. The predicted molar refractivity (Wildman–Crippen MR) is 92.3 cm³/mol. The van der Waals surface area contributed by atoms with Crippen LogP contribution in [0.3, 0.4) is 0 Å². The molecule has 0 radical (unpaired) electrons. The highest BCUT2D eigenvalue weighted by atomic mass is 32.1. The number of ether oxygens (including phenoxy) is 2. The number of hydrogen-bond donors (Lipinski definition) is 2. The molecule has 0 spiro atoms. The molecule has 2 aromatic rings. The first-order chi connectivity index (χ1) is 10.8. The van der Waals surface area contributed by atoms with Gasteiger partial charge in [0.2, 0.25) is 0 Å². The standard InChI is InChI=1S/C16H21N3O2S/c1-4-21-15-10-12(7-8-14(15)20-3)19-16(17-2)18-11-13-6-5-9-22-13/h5-10H,4,11H2,1-3H3,(H2,17,18,19). The fraction of sp³-hybridized carbons (Fsp3) is 0.312. The number of rotatable bonds is 6. The number of aliphatic imine (C=N–C) groups is 1. The van der Waals surface area contributed by atoms with Crippen LogP contribution in [0.15, 0.2) is 40.7 Å². The molecule has 5 nitrogen and oxygen atoms in total. The molecule has 118 valence electrons. The normalized spacial score (nSPS) is 11.1. The van der Waals surface area contributed by atoms with Gasteiger partial charge in [0.15, 0.2) is 17.5 Å². The number of anilines is 1. The van der Waals surface area contributed by atoms with Crippen molar-refractivity contribution in [2.75, 3.05) is 26.1 Å². The van der Waals surface area contributed by atoms with Gasteiger partial charge < -0.3 is 20.1 Å². The van der Waals surface area contributed by atoms with Crippen molar-refractivity contribution in [3.63, 3.8) is 0 Å². The number of nitrogens with zero attached hydrogens (tertiary/aromatic N) is 1. The van der Waals surface area contributed by atoms with E-state index in [4.69, 9.17) is 9.47 Å². The van der Waals surface area contributed by atoms with Gasteiger partial charge in [-0.05, 0) is 30.5 Å². The zero-order valence-electron chi connectivity index (χ0n) is 13.1. The molecule has 0 fully saturated rings. The van der Waals surface area contributed by atoms with Crippen molar-refractivity contribution in [3.8, 4) is 11.5 Å². The summed E-state index contributed by atoms with van der Waals surface area (Å²) in [6, 6.07) is 9.83. The molecule has 0 unspecified atom stereocenters. The molecule has 1 aromatic heterocycles. The average Bonchev–Trinajstić information content (AvgIpc) is 3.05. The molecule has 0 atom stereocenters. The highest BCUT2D eigenvalue weighted by Gasteiger charge is 2.07. The Hall–Kier alpha value is -2.21. The largest absolute Gasteiger partial charge is 0.493 e. The molecule has 0 aliphatic heterocycles. The average molecular weight is 319 g/mol. The number of thiophene rings is 1. The molecule has 0 saturated heterocycles. The monoisotopic (exact) mass is 319 g/mol. The smallest absolute Gasteiger partial charge is 0.195 e. The first-order valence-electron chi connectivity index (χ1n) is 7.07. The van der Waals surface area contributed by atoms with E-state index in [0.29, 0.717) is 24.1 Å². The van der Waals surface area contributed by atoms with E-state index in [2.05, 4.69) is 27.1 Å². The van der Waals surface area contributed by atoms with Gasteiger partial charge in [0.05, 0.1) is 20.3 Å². The summed E-state index contributed by atoms with van der Waals surface area (Å²) in [6.07, 6.45) is 0. The lowest BCUT2D eigenvalue weighted by Crippen LogP contribution is -2.29. The third-order valence-corrected chi connectivity index (χ3v) is 3.84. The lowest BCUT2D eigenvalue weighted by atomic mass is 10.2. The number of hydrogen-bond acceptors (Lipinski definition) is 4. The van der Waals surface area contributed by atoms with E-state index in [1.807, 2.05) is 31.2 Å². The van der Waals surface area contributed by atoms with E-state index in [1.54, 1.807) is 25.5 Å². The number of nitrogens with one attached hydrogen (secondary N) is 2. The number of methoxy groups -OCH3 is 1. The van der Waals surface area contributed by atoms with Crippen LogP contribution < -0.4 is 20.1 Å². The van der Waals surface area contributed by atoms with Gasteiger partial charge in [-0.2, -0.15) is 0 Å². The Bertz CT molecular complexity index is 612. The molecular formula is C16H21N3O2S. The van der Waals surface area contributed by atoms with Gasteiger partial charge >= 0.3 is 0 Å². The zero-order chi connectivity index (χ0) is 15.8. The molecule has 0 saturated carbocycles. The van der Waals surface area contributed by atoms with Crippen molar-refractivity contribution < 1.29 is 9.47 Å². The van der Waals surface area contributed by atoms with Crippen LogP contribution in [-0.2, 0) is 6.54 Å². The maximum absolute atomic E-state index is 5.58. The molecule has 22 heavy (non-hydrogen) atoms. The Labute approximate surface area is 135 Å². The van der Waals surface area contributed by atoms with Gasteiger partial charge in [-0.25, -0.2) is 0 Å². The Balaban J connectivity index is 2.02. The van der Waals surface area contributed by atoms with Gasteiger partial charge in [0.25, 0.3) is 0 Å². The Morgan fingerprint density at radius 1 is 1.27 bits per heavy atom.